The van der Waals surface area contributed by atoms with E-state index in [4.69, 9.17) is 4.98 Å². The number of aromatic nitrogens is 1. The molecule has 2 aliphatic rings. The molecule has 0 atom stereocenters. The molecule has 3 heterocycles. The smallest absolute Gasteiger partial charge is 0.0404 e. The van der Waals surface area contributed by atoms with E-state index >= 15 is 0 Å². The van der Waals surface area contributed by atoms with Crippen molar-refractivity contribution in [3.8, 4) is 0 Å². The van der Waals surface area contributed by atoms with Crippen LogP contribution in [-0.4, -0.2) is 47.5 Å². The molecule has 0 N–H and O–H groups in total. The van der Waals surface area contributed by atoms with E-state index in [9.17, 15) is 0 Å². The first-order valence-electron chi connectivity index (χ1n) is 12.0. The summed E-state index contributed by atoms with van der Waals surface area (Å²) < 4.78 is 0. The third-order valence-electron chi connectivity index (χ3n) is 6.83. The van der Waals surface area contributed by atoms with Crippen molar-refractivity contribution in [3.63, 3.8) is 0 Å². The summed E-state index contributed by atoms with van der Waals surface area (Å²) in [5.41, 5.74) is 4.04. The molecule has 1 aromatic rings. The molecular weight excluding hydrogens is 354 g/mol. The van der Waals surface area contributed by atoms with Crippen molar-refractivity contribution in [1.82, 2.24) is 14.8 Å². The maximum atomic E-state index is 4.71. The van der Waals surface area contributed by atoms with Gasteiger partial charge in [-0.2, -0.15) is 0 Å². The fourth-order valence-corrected chi connectivity index (χ4v) is 4.64. The fourth-order valence-electron chi connectivity index (χ4n) is 4.64. The van der Waals surface area contributed by atoms with Gasteiger partial charge in [0.05, 0.1) is 0 Å². The molecule has 2 saturated heterocycles. The molecule has 29 heavy (non-hydrogen) atoms. The van der Waals surface area contributed by atoms with Crippen molar-refractivity contribution < 1.29 is 0 Å². The lowest BCUT2D eigenvalue weighted by Crippen LogP contribution is -2.35. The predicted octanol–water partition coefficient (Wildman–Crippen LogP) is 6.01. The molecule has 0 radical (unpaired) electrons. The lowest BCUT2D eigenvalue weighted by Gasteiger charge is -2.33. The van der Waals surface area contributed by atoms with Crippen LogP contribution in [0.1, 0.15) is 83.4 Å². The SMILES string of the molecule is C=C(c1ccc(CCCCC2CCN(CCC(C)(C)C)CC2)nc1)N1CCCC1. The lowest BCUT2D eigenvalue weighted by atomic mass is 9.89. The number of piperidine rings is 1. The highest BCUT2D eigenvalue weighted by Gasteiger charge is 2.20. The van der Waals surface area contributed by atoms with Crippen LogP contribution in [-0.2, 0) is 6.42 Å². The summed E-state index contributed by atoms with van der Waals surface area (Å²) in [4.78, 5) is 9.79. The molecule has 3 heteroatoms. The Bertz CT molecular complexity index is 614. The van der Waals surface area contributed by atoms with Gasteiger partial charge < -0.3 is 9.80 Å². The summed E-state index contributed by atoms with van der Waals surface area (Å²) >= 11 is 0. The second-order valence-corrected chi connectivity index (χ2v) is 10.5. The summed E-state index contributed by atoms with van der Waals surface area (Å²) in [5, 5.41) is 0. The number of pyridine rings is 1. The van der Waals surface area contributed by atoms with E-state index in [0.29, 0.717) is 5.41 Å². The van der Waals surface area contributed by atoms with Crippen molar-refractivity contribution in [2.75, 3.05) is 32.7 Å². The second-order valence-electron chi connectivity index (χ2n) is 10.5. The van der Waals surface area contributed by atoms with E-state index in [1.807, 2.05) is 6.20 Å². The number of unbranched alkanes of at least 4 members (excludes halogenated alkanes) is 1. The number of aryl methyl sites for hydroxylation is 1. The van der Waals surface area contributed by atoms with Gasteiger partial charge in [-0.15, -0.1) is 0 Å². The predicted molar refractivity (Wildman–Crippen MR) is 125 cm³/mol. The molecule has 3 rings (SSSR count). The Balaban J connectivity index is 1.29. The number of likely N-dealkylation sites (tertiary alicyclic amines) is 2. The van der Waals surface area contributed by atoms with Gasteiger partial charge in [-0.25, -0.2) is 0 Å². The van der Waals surface area contributed by atoms with Crippen LogP contribution >= 0.6 is 0 Å². The van der Waals surface area contributed by atoms with Crippen molar-refractivity contribution in [3.05, 3.63) is 36.2 Å². The van der Waals surface area contributed by atoms with Crippen LogP contribution in [0.5, 0.6) is 0 Å². The van der Waals surface area contributed by atoms with Gasteiger partial charge in [0, 0.05) is 36.2 Å². The fraction of sp³-hybridized carbons (Fsp3) is 0.731. The zero-order chi connectivity index (χ0) is 20.7. The van der Waals surface area contributed by atoms with Crippen molar-refractivity contribution in [1.29, 1.82) is 0 Å². The van der Waals surface area contributed by atoms with Gasteiger partial charge in [0.15, 0.2) is 0 Å². The largest absolute Gasteiger partial charge is 0.371 e. The molecule has 2 aliphatic heterocycles. The van der Waals surface area contributed by atoms with Crippen LogP contribution in [0.2, 0.25) is 0 Å². The van der Waals surface area contributed by atoms with Crippen LogP contribution in [0, 0.1) is 11.3 Å². The van der Waals surface area contributed by atoms with Gasteiger partial charge in [0.2, 0.25) is 0 Å². The Morgan fingerprint density at radius 1 is 1.07 bits per heavy atom. The third-order valence-corrected chi connectivity index (χ3v) is 6.83. The first-order valence-corrected chi connectivity index (χ1v) is 12.0. The minimum Gasteiger partial charge on any atom is -0.371 e. The maximum absolute atomic E-state index is 4.71. The zero-order valence-electron chi connectivity index (χ0n) is 19.3. The third kappa shape index (κ3) is 7.44. The number of nitrogens with zero attached hydrogens (tertiary/aromatic N) is 3. The first-order chi connectivity index (χ1) is 13.9. The van der Waals surface area contributed by atoms with E-state index in [2.05, 4.69) is 49.3 Å². The Kier molecular flexibility index (Phi) is 8.17. The van der Waals surface area contributed by atoms with E-state index in [-0.39, 0.29) is 0 Å². The summed E-state index contributed by atoms with van der Waals surface area (Å²) in [6.45, 7) is 17.5. The standard InChI is InChI=1S/C26H43N3/c1-22(29-16-7-8-17-29)24-11-12-25(27-21-24)10-6-5-9-23-13-18-28(19-14-23)20-15-26(2,3)4/h11-12,21,23H,1,5-10,13-20H2,2-4H3. The van der Waals surface area contributed by atoms with Gasteiger partial charge >= 0.3 is 0 Å². The maximum Gasteiger partial charge on any atom is 0.0404 e. The van der Waals surface area contributed by atoms with Crippen LogP contribution in [0.15, 0.2) is 24.9 Å². The Hall–Kier alpha value is -1.35. The summed E-state index contributed by atoms with van der Waals surface area (Å²) in [5.74, 6) is 0.944. The van der Waals surface area contributed by atoms with Crippen LogP contribution < -0.4 is 0 Å². The molecule has 0 aromatic carbocycles. The zero-order valence-corrected chi connectivity index (χ0v) is 19.3. The minimum atomic E-state index is 0.463. The Morgan fingerprint density at radius 2 is 1.79 bits per heavy atom. The molecule has 0 aliphatic carbocycles. The van der Waals surface area contributed by atoms with Gasteiger partial charge in [-0.3, -0.25) is 4.98 Å². The quantitative estimate of drug-likeness (QED) is 0.476. The lowest BCUT2D eigenvalue weighted by molar-refractivity contribution is 0.158. The molecule has 0 saturated carbocycles. The highest BCUT2D eigenvalue weighted by Crippen LogP contribution is 2.26. The molecule has 0 unspecified atom stereocenters. The molecule has 0 spiro atoms. The topological polar surface area (TPSA) is 19.4 Å². The number of hydrogen-bond donors (Lipinski definition) is 0. The molecule has 0 bridgehead atoms. The Labute approximate surface area is 179 Å². The summed E-state index contributed by atoms with van der Waals surface area (Å²) in [6, 6.07) is 4.43. The van der Waals surface area contributed by atoms with Crippen LogP contribution in [0.4, 0.5) is 0 Å². The van der Waals surface area contributed by atoms with Crippen LogP contribution in [0.3, 0.4) is 0 Å². The minimum absolute atomic E-state index is 0.463. The molecular formula is C26H43N3. The van der Waals surface area contributed by atoms with Crippen LogP contribution in [0.25, 0.3) is 5.70 Å². The Morgan fingerprint density at radius 3 is 2.41 bits per heavy atom. The molecule has 0 amide bonds. The molecule has 1 aromatic heterocycles. The van der Waals surface area contributed by atoms with E-state index in [1.165, 1.54) is 82.3 Å². The normalized spacial score (nSPS) is 19.1. The van der Waals surface area contributed by atoms with E-state index in [0.717, 1.165) is 31.1 Å². The van der Waals surface area contributed by atoms with Gasteiger partial charge in [-0.1, -0.05) is 40.2 Å². The average Bonchev–Trinajstić information content (AvgIpc) is 3.25. The number of hydrogen-bond acceptors (Lipinski definition) is 3. The summed E-state index contributed by atoms with van der Waals surface area (Å²) in [6.07, 6.45) is 13.8. The monoisotopic (exact) mass is 397 g/mol. The highest BCUT2D eigenvalue weighted by molar-refractivity contribution is 5.61. The van der Waals surface area contributed by atoms with Crippen molar-refractivity contribution in [2.45, 2.75) is 78.6 Å². The number of rotatable bonds is 9. The van der Waals surface area contributed by atoms with Gasteiger partial charge in [-0.05, 0) is 88.0 Å². The molecule has 3 nitrogen and oxygen atoms in total. The first kappa shape index (κ1) is 22.3. The molecule has 162 valence electrons. The van der Waals surface area contributed by atoms with Crippen molar-refractivity contribution >= 4 is 5.70 Å². The average molecular weight is 398 g/mol. The summed E-state index contributed by atoms with van der Waals surface area (Å²) in [7, 11) is 0. The molecule has 2 fully saturated rings. The van der Waals surface area contributed by atoms with Gasteiger partial charge in [0.25, 0.3) is 0 Å². The van der Waals surface area contributed by atoms with Crippen molar-refractivity contribution in [2.24, 2.45) is 11.3 Å². The van der Waals surface area contributed by atoms with E-state index < -0.39 is 0 Å². The van der Waals surface area contributed by atoms with E-state index in [1.54, 1.807) is 0 Å². The second kappa shape index (κ2) is 10.6. The van der Waals surface area contributed by atoms with Gasteiger partial charge in [0.1, 0.15) is 0 Å². The highest BCUT2D eigenvalue weighted by atomic mass is 15.1.